The Kier molecular flexibility index (Phi) is 7.11. The number of benzene rings is 2. The van der Waals surface area contributed by atoms with E-state index in [1.807, 2.05) is 38.1 Å². The normalized spacial score (nSPS) is 26.1. The topological polar surface area (TPSA) is 178 Å². The molecule has 0 heterocycles. The molecule has 2 aromatic carbocycles. The number of primary amides is 1. The molecule has 0 saturated heterocycles. The molecule has 42 heavy (non-hydrogen) atoms. The molecule has 1 amide bonds. The number of likely N-dealkylation sites (N-methyl/N-ethyl adjacent to an activating group) is 1. The summed E-state index contributed by atoms with van der Waals surface area (Å²) in [5, 5.41) is 45.0. The maximum absolute atomic E-state index is 14.0. The van der Waals surface area contributed by atoms with E-state index in [4.69, 9.17) is 5.73 Å². The first-order valence-electron chi connectivity index (χ1n) is 13.9. The molecule has 10 heteroatoms. The highest BCUT2D eigenvalue weighted by Gasteiger charge is 2.64. The lowest BCUT2D eigenvalue weighted by Gasteiger charge is -2.50. The predicted molar refractivity (Wildman–Crippen MR) is 153 cm³/mol. The molecule has 6 N–H and O–H groups in total. The van der Waals surface area contributed by atoms with Crippen LogP contribution in [0.2, 0.25) is 0 Å². The Labute approximate surface area is 242 Å². The summed E-state index contributed by atoms with van der Waals surface area (Å²) in [4.78, 5) is 53.1. The molecule has 0 aliphatic heterocycles. The summed E-state index contributed by atoms with van der Waals surface area (Å²) in [6.45, 7) is 3.67. The number of aromatic hydroxyl groups is 1. The van der Waals surface area contributed by atoms with E-state index in [2.05, 4.69) is 0 Å². The third-order valence-electron chi connectivity index (χ3n) is 9.16. The Morgan fingerprint density at radius 2 is 1.71 bits per heavy atom. The van der Waals surface area contributed by atoms with Crippen LogP contribution in [-0.2, 0) is 25.6 Å². The van der Waals surface area contributed by atoms with Crippen molar-refractivity contribution < 1.29 is 39.6 Å². The molecule has 220 valence electrons. The number of aliphatic hydroxyl groups is 3. The van der Waals surface area contributed by atoms with Crippen molar-refractivity contribution >= 4 is 29.0 Å². The van der Waals surface area contributed by atoms with Gasteiger partial charge in [0.15, 0.2) is 11.4 Å². The zero-order valence-corrected chi connectivity index (χ0v) is 23.8. The first kappa shape index (κ1) is 29.2. The highest BCUT2D eigenvalue weighted by Crippen LogP contribution is 2.53. The van der Waals surface area contributed by atoms with Crippen LogP contribution in [0, 0.1) is 11.8 Å². The van der Waals surface area contributed by atoms with Crippen molar-refractivity contribution in [2.24, 2.45) is 17.6 Å². The number of hydrogen-bond acceptors (Lipinski definition) is 9. The van der Waals surface area contributed by atoms with Gasteiger partial charge in [-0.05, 0) is 61.2 Å². The maximum atomic E-state index is 14.0. The second-order valence-electron chi connectivity index (χ2n) is 11.6. The van der Waals surface area contributed by atoms with Crippen LogP contribution < -0.4 is 5.73 Å². The molecule has 1 unspecified atom stereocenters. The summed E-state index contributed by atoms with van der Waals surface area (Å²) >= 11 is 0. The van der Waals surface area contributed by atoms with Gasteiger partial charge in [0.1, 0.15) is 28.6 Å². The van der Waals surface area contributed by atoms with Gasteiger partial charge in [-0.3, -0.25) is 24.1 Å². The molecule has 0 radical (unpaired) electrons. The molecule has 5 atom stereocenters. The number of rotatable bonds is 6. The van der Waals surface area contributed by atoms with Crippen molar-refractivity contribution in [2.45, 2.75) is 50.7 Å². The summed E-state index contributed by atoms with van der Waals surface area (Å²) in [6, 6.07) is 9.41. The van der Waals surface area contributed by atoms with Gasteiger partial charge in [-0.2, -0.15) is 0 Å². The Hall–Kier alpha value is -4.28. The minimum atomic E-state index is -2.68. The van der Waals surface area contributed by atoms with Crippen molar-refractivity contribution in [3.63, 3.8) is 0 Å². The van der Waals surface area contributed by atoms with Crippen molar-refractivity contribution in [1.82, 2.24) is 4.90 Å². The van der Waals surface area contributed by atoms with E-state index < -0.39 is 58.0 Å². The van der Waals surface area contributed by atoms with E-state index in [0.29, 0.717) is 17.5 Å². The molecule has 10 nitrogen and oxygen atoms in total. The molecule has 1 saturated carbocycles. The standard InChI is InChI=1S/C32H34N2O8/c1-5-21(35)14(2)15-6-8-16(9-7-15)18-10-11-22(36)24-19(18)12-17-13-20-26(34(3)4)28(38)25(31(33)41)30(40)32(20,42)29(39)23(17)27(24)37/h6-11,14,17,20,26,36-37,40,42H,5,12-13H2,1-4H3,(H2,33,41)/t14?,17-,20-,26-,32-/m1/s1. The average Bonchev–Trinajstić information content (AvgIpc) is 2.94. The van der Waals surface area contributed by atoms with Crippen LogP contribution in [-0.4, -0.2) is 74.3 Å². The number of phenols is 1. The molecule has 0 aromatic heterocycles. The number of nitrogens with zero attached hydrogens (tertiary/aromatic N) is 1. The fourth-order valence-corrected chi connectivity index (χ4v) is 6.96. The summed E-state index contributed by atoms with van der Waals surface area (Å²) < 4.78 is 0. The van der Waals surface area contributed by atoms with Crippen LogP contribution in [0.25, 0.3) is 16.9 Å². The monoisotopic (exact) mass is 574 g/mol. The smallest absolute Gasteiger partial charge is 0.255 e. The van der Waals surface area contributed by atoms with Gasteiger partial charge in [0.25, 0.3) is 5.91 Å². The van der Waals surface area contributed by atoms with Crippen LogP contribution in [0.15, 0.2) is 53.3 Å². The number of carbonyl (C=O) groups excluding carboxylic acids is 4. The molecule has 1 fully saturated rings. The number of nitrogens with two attached hydrogens (primary N) is 1. The summed E-state index contributed by atoms with van der Waals surface area (Å²) in [5.74, 6) is -7.01. The lowest BCUT2D eigenvalue weighted by atomic mass is 9.57. The quantitative estimate of drug-likeness (QED) is 0.324. The Balaban J connectivity index is 1.65. The van der Waals surface area contributed by atoms with Gasteiger partial charge in [0, 0.05) is 23.8 Å². The fourth-order valence-electron chi connectivity index (χ4n) is 6.96. The number of carbonyl (C=O) groups is 4. The van der Waals surface area contributed by atoms with Crippen LogP contribution in [0.3, 0.4) is 0 Å². The Bertz CT molecular complexity index is 1600. The van der Waals surface area contributed by atoms with Gasteiger partial charge in [-0.25, -0.2) is 0 Å². The summed E-state index contributed by atoms with van der Waals surface area (Å²) in [7, 11) is 3.12. The molecule has 2 aromatic rings. The Morgan fingerprint density at radius 3 is 2.29 bits per heavy atom. The first-order chi connectivity index (χ1) is 19.7. The van der Waals surface area contributed by atoms with Crippen molar-refractivity contribution in [1.29, 1.82) is 0 Å². The number of hydrogen-bond donors (Lipinski definition) is 5. The van der Waals surface area contributed by atoms with E-state index >= 15 is 0 Å². The highest BCUT2D eigenvalue weighted by molar-refractivity contribution is 6.24. The second kappa shape index (κ2) is 10.2. The minimum Gasteiger partial charge on any atom is -0.508 e. The van der Waals surface area contributed by atoms with Crippen molar-refractivity contribution in [3.05, 3.63) is 70.0 Å². The third kappa shape index (κ3) is 4.08. The second-order valence-corrected chi connectivity index (χ2v) is 11.6. The van der Waals surface area contributed by atoms with Crippen LogP contribution >= 0.6 is 0 Å². The lowest BCUT2D eigenvalue weighted by molar-refractivity contribution is -0.153. The number of amides is 1. The largest absolute Gasteiger partial charge is 0.508 e. The van der Waals surface area contributed by atoms with Gasteiger partial charge in [0.2, 0.25) is 5.78 Å². The first-order valence-corrected chi connectivity index (χ1v) is 13.9. The van der Waals surface area contributed by atoms with Crippen LogP contribution in [0.5, 0.6) is 5.75 Å². The highest BCUT2D eigenvalue weighted by atomic mass is 16.3. The van der Waals surface area contributed by atoms with Gasteiger partial charge >= 0.3 is 0 Å². The van der Waals surface area contributed by atoms with Gasteiger partial charge in [-0.1, -0.05) is 44.2 Å². The molecule has 5 rings (SSSR count). The van der Waals surface area contributed by atoms with E-state index in [-0.39, 0.29) is 41.4 Å². The van der Waals surface area contributed by atoms with Crippen LogP contribution in [0.4, 0.5) is 0 Å². The van der Waals surface area contributed by atoms with Gasteiger partial charge in [0.05, 0.1) is 11.6 Å². The maximum Gasteiger partial charge on any atom is 0.255 e. The number of ketones is 3. The molecular weight excluding hydrogens is 540 g/mol. The zero-order chi connectivity index (χ0) is 30.8. The molecule has 3 aliphatic carbocycles. The third-order valence-corrected chi connectivity index (χ3v) is 9.16. The van der Waals surface area contributed by atoms with Gasteiger partial charge < -0.3 is 26.2 Å². The lowest BCUT2D eigenvalue weighted by Crippen LogP contribution is -2.65. The minimum absolute atomic E-state index is 0.0104. The van der Waals surface area contributed by atoms with Gasteiger partial charge in [-0.15, -0.1) is 0 Å². The van der Waals surface area contributed by atoms with E-state index in [0.717, 1.165) is 11.1 Å². The number of fused-ring (bicyclic) bond motifs is 3. The zero-order valence-electron chi connectivity index (χ0n) is 23.8. The molecular formula is C32H34N2O8. The fraction of sp³-hybridized carbons (Fsp3) is 0.375. The van der Waals surface area contributed by atoms with E-state index in [1.165, 1.54) is 11.0 Å². The predicted octanol–water partition coefficient (Wildman–Crippen LogP) is 2.71. The van der Waals surface area contributed by atoms with Crippen molar-refractivity contribution in [2.75, 3.05) is 14.1 Å². The molecule has 0 spiro atoms. The van der Waals surface area contributed by atoms with E-state index in [9.17, 15) is 39.6 Å². The SMILES string of the molecule is CCC(=O)C(C)c1ccc(-c2ccc(O)c3c2C[C@@H]2C[C@@H]4[C@@H](N(C)C)C(=O)C(C(N)=O)=C(O)[C@]4(O)C(=O)C2=C3O)cc1. The average molecular weight is 575 g/mol. The number of phenolic OH excluding ortho intramolecular Hbond substituents is 1. The van der Waals surface area contributed by atoms with Crippen LogP contribution in [0.1, 0.15) is 49.3 Å². The number of Topliss-reactive ketones (excluding diaryl/α,β-unsaturated/α-hetero) is 3. The number of aliphatic hydroxyl groups excluding tert-OH is 2. The molecule has 3 aliphatic rings. The van der Waals surface area contributed by atoms with Crippen molar-refractivity contribution in [3.8, 4) is 16.9 Å². The Morgan fingerprint density at radius 1 is 1.07 bits per heavy atom. The summed E-state index contributed by atoms with van der Waals surface area (Å²) in [5.41, 5.74) is 4.58. The van der Waals surface area contributed by atoms with E-state index in [1.54, 1.807) is 20.2 Å². The summed E-state index contributed by atoms with van der Waals surface area (Å²) in [6.07, 6.45) is 0.622. The molecule has 0 bridgehead atoms.